The van der Waals surface area contributed by atoms with Crippen LogP contribution in [0.2, 0.25) is 10.2 Å². The first-order valence-corrected chi connectivity index (χ1v) is 6.24. The normalized spacial score (nSPS) is 19.6. The van der Waals surface area contributed by atoms with Crippen LogP contribution < -0.4 is 5.32 Å². The molecule has 19 heavy (non-hydrogen) atoms. The van der Waals surface area contributed by atoms with E-state index in [2.05, 4.69) is 5.32 Å². The van der Waals surface area contributed by atoms with Crippen LogP contribution >= 0.6 is 23.2 Å². The Morgan fingerprint density at radius 3 is 2.58 bits per heavy atom. The van der Waals surface area contributed by atoms with E-state index in [1.54, 1.807) is 14.0 Å². The first-order chi connectivity index (χ1) is 8.82. The van der Waals surface area contributed by atoms with Crippen molar-refractivity contribution in [3.63, 3.8) is 0 Å². The van der Waals surface area contributed by atoms with Crippen molar-refractivity contribution < 1.29 is 14.4 Å². The molecule has 2 rings (SSSR count). The maximum Gasteiger partial charge on any atom is 0.271 e. The second-order valence-electron chi connectivity index (χ2n) is 4.25. The molecule has 1 aromatic rings. The predicted octanol–water partition coefficient (Wildman–Crippen LogP) is 0.819. The third-order valence-corrected chi connectivity index (χ3v) is 3.86. The molecule has 0 spiro atoms. The summed E-state index contributed by atoms with van der Waals surface area (Å²) in [6.07, 6.45) is 0. The standard InChI is InChI=1S/C11H11Cl2N3O3/c1-5-10(18)14-8(17)4-16(5)11(19)7-3-6(12)9(13)15(7)2/h3,5H,4H2,1-2H3,(H,14,17,18). The summed E-state index contributed by atoms with van der Waals surface area (Å²) in [5.41, 5.74) is 0.226. The second-order valence-corrected chi connectivity index (χ2v) is 5.01. The lowest BCUT2D eigenvalue weighted by Crippen LogP contribution is -2.58. The van der Waals surface area contributed by atoms with Crippen LogP contribution in [0.15, 0.2) is 6.07 Å². The van der Waals surface area contributed by atoms with Gasteiger partial charge < -0.3 is 9.47 Å². The molecule has 0 aliphatic carbocycles. The Kier molecular flexibility index (Phi) is 3.56. The molecule has 1 N–H and O–H groups in total. The average Bonchev–Trinajstić information content (AvgIpc) is 2.61. The van der Waals surface area contributed by atoms with Gasteiger partial charge in [-0.15, -0.1) is 0 Å². The van der Waals surface area contributed by atoms with E-state index in [1.807, 2.05) is 0 Å². The van der Waals surface area contributed by atoms with Crippen LogP contribution in [-0.4, -0.2) is 39.8 Å². The maximum absolute atomic E-state index is 12.3. The second kappa shape index (κ2) is 4.86. The summed E-state index contributed by atoms with van der Waals surface area (Å²) in [5.74, 6) is -1.48. The SMILES string of the molecule is CC1C(=O)NC(=O)CN1C(=O)c1cc(Cl)c(Cl)n1C. The summed E-state index contributed by atoms with van der Waals surface area (Å²) in [5, 5.41) is 2.64. The van der Waals surface area contributed by atoms with Crippen LogP contribution in [0.5, 0.6) is 0 Å². The lowest BCUT2D eigenvalue weighted by Gasteiger charge is -2.31. The number of piperazine rings is 1. The van der Waals surface area contributed by atoms with Crippen molar-refractivity contribution in [3.05, 3.63) is 21.9 Å². The third-order valence-electron chi connectivity index (χ3n) is 3.02. The molecule has 3 amide bonds. The number of imide groups is 1. The molecule has 1 atom stereocenters. The van der Waals surface area contributed by atoms with E-state index in [9.17, 15) is 14.4 Å². The van der Waals surface area contributed by atoms with E-state index in [-0.39, 0.29) is 22.4 Å². The molecule has 102 valence electrons. The third kappa shape index (κ3) is 2.33. The molecule has 1 unspecified atom stereocenters. The van der Waals surface area contributed by atoms with E-state index >= 15 is 0 Å². The number of nitrogens with one attached hydrogen (secondary N) is 1. The minimum Gasteiger partial charge on any atom is -0.329 e. The Balaban J connectivity index is 2.35. The zero-order valence-electron chi connectivity index (χ0n) is 10.2. The Morgan fingerprint density at radius 2 is 2.05 bits per heavy atom. The van der Waals surface area contributed by atoms with E-state index in [0.29, 0.717) is 0 Å². The van der Waals surface area contributed by atoms with Crippen LogP contribution in [0.25, 0.3) is 0 Å². The monoisotopic (exact) mass is 303 g/mol. The van der Waals surface area contributed by atoms with E-state index in [1.165, 1.54) is 15.5 Å². The van der Waals surface area contributed by atoms with E-state index < -0.39 is 23.8 Å². The van der Waals surface area contributed by atoms with Crippen LogP contribution in [0.3, 0.4) is 0 Å². The molecule has 0 bridgehead atoms. The molecule has 0 radical (unpaired) electrons. The highest BCUT2D eigenvalue weighted by Crippen LogP contribution is 2.26. The highest BCUT2D eigenvalue weighted by Gasteiger charge is 2.35. The molecule has 8 heteroatoms. The topological polar surface area (TPSA) is 71.4 Å². The van der Waals surface area contributed by atoms with Crippen LogP contribution in [-0.2, 0) is 16.6 Å². The molecule has 0 aromatic carbocycles. The van der Waals surface area contributed by atoms with Crippen LogP contribution in [0.1, 0.15) is 17.4 Å². The number of aromatic nitrogens is 1. The molecule has 2 heterocycles. The summed E-state index contributed by atoms with van der Waals surface area (Å²) >= 11 is 11.7. The number of hydrogen-bond acceptors (Lipinski definition) is 3. The first kappa shape index (κ1) is 13.9. The highest BCUT2D eigenvalue weighted by atomic mass is 35.5. The van der Waals surface area contributed by atoms with Crippen molar-refractivity contribution in [1.82, 2.24) is 14.8 Å². The molecule has 1 fully saturated rings. The number of rotatable bonds is 1. The van der Waals surface area contributed by atoms with E-state index in [4.69, 9.17) is 23.2 Å². The zero-order valence-corrected chi connectivity index (χ0v) is 11.7. The van der Waals surface area contributed by atoms with Crippen LogP contribution in [0.4, 0.5) is 0 Å². The maximum atomic E-state index is 12.3. The quantitative estimate of drug-likeness (QED) is 0.781. The Hall–Kier alpha value is -1.53. The molecular weight excluding hydrogens is 293 g/mol. The molecule has 1 aromatic heterocycles. The predicted molar refractivity (Wildman–Crippen MR) is 69.1 cm³/mol. The fourth-order valence-corrected chi connectivity index (χ4v) is 2.23. The summed E-state index contributed by atoms with van der Waals surface area (Å²) in [4.78, 5) is 36.4. The smallest absolute Gasteiger partial charge is 0.271 e. The number of carbonyl (C=O) groups excluding carboxylic acids is 3. The number of carbonyl (C=O) groups is 3. The summed E-state index contributed by atoms with van der Waals surface area (Å²) in [6, 6.07) is 0.688. The fraction of sp³-hybridized carbons (Fsp3) is 0.364. The van der Waals surface area contributed by atoms with Gasteiger partial charge in [0, 0.05) is 7.05 Å². The largest absolute Gasteiger partial charge is 0.329 e. The van der Waals surface area contributed by atoms with Gasteiger partial charge in [0.2, 0.25) is 11.8 Å². The molecular formula is C11H11Cl2N3O3. The number of nitrogens with zero attached hydrogens (tertiary/aromatic N) is 2. The van der Waals surface area contributed by atoms with Gasteiger partial charge in [-0.2, -0.15) is 0 Å². The van der Waals surface area contributed by atoms with Crippen molar-refractivity contribution in [1.29, 1.82) is 0 Å². The highest BCUT2D eigenvalue weighted by molar-refractivity contribution is 6.42. The van der Waals surface area contributed by atoms with E-state index in [0.717, 1.165) is 0 Å². The summed E-state index contributed by atoms with van der Waals surface area (Å²) in [7, 11) is 1.58. The van der Waals surface area contributed by atoms with Gasteiger partial charge in [-0.3, -0.25) is 19.7 Å². The Bertz CT molecular complexity index is 582. The van der Waals surface area contributed by atoms with Gasteiger partial charge in [0.25, 0.3) is 5.91 Å². The summed E-state index contributed by atoms with van der Waals surface area (Å²) in [6.45, 7) is 1.37. The Morgan fingerprint density at radius 1 is 1.42 bits per heavy atom. The Labute approximate surface area is 119 Å². The molecule has 1 saturated heterocycles. The number of hydrogen-bond donors (Lipinski definition) is 1. The van der Waals surface area contributed by atoms with Gasteiger partial charge in [0.15, 0.2) is 0 Å². The lowest BCUT2D eigenvalue weighted by molar-refractivity contribution is -0.138. The average molecular weight is 304 g/mol. The molecule has 1 aliphatic rings. The van der Waals surface area contributed by atoms with Crippen molar-refractivity contribution in [2.45, 2.75) is 13.0 Å². The van der Waals surface area contributed by atoms with Gasteiger partial charge in [-0.25, -0.2) is 0 Å². The zero-order chi connectivity index (χ0) is 14.3. The van der Waals surface area contributed by atoms with Crippen molar-refractivity contribution in [2.75, 3.05) is 6.54 Å². The van der Waals surface area contributed by atoms with Crippen molar-refractivity contribution in [2.24, 2.45) is 7.05 Å². The van der Waals surface area contributed by atoms with Gasteiger partial charge >= 0.3 is 0 Å². The van der Waals surface area contributed by atoms with Gasteiger partial charge in [0.1, 0.15) is 23.4 Å². The molecule has 1 aliphatic heterocycles. The number of amides is 3. The number of halogens is 2. The van der Waals surface area contributed by atoms with Crippen molar-refractivity contribution >= 4 is 40.9 Å². The van der Waals surface area contributed by atoms with Gasteiger partial charge in [0.05, 0.1) is 5.02 Å². The first-order valence-electron chi connectivity index (χ1n) is 5.48. The van der Waals surface area contributed by atoms with Crippen LogP contribution in [0, 0.1) is 0 Å². The van der Waals surface area contributed by atoms with Gasteiger partial charge in [-0.05, 0) is 13.0 Å². The van der Waals surface area contributed by atoms with Crippen molar-refractivity contribution in [3.8, 4) is 0 Å². The minimum atomic E-state index is -0.724. The van der Waals surface area contributed by atoms with Gasteiger partial charge in [-0.1, -0.05) is 23.2 Å². The summed E-state index contributed by atoms with van der Waals surface area (Å²) < 4.78 is 1.41. The lowest BCUT2D eigenvalue weighted by atomic mass is 10.2. The fourth-order valence-electron chi connectivity index (χ4n) is 1.86. The minimum absolute atomic E-state index is 0.174. The molecule has 0 saturated carbocycles. The molecule has 6 nitrogen and oxygen atoms in total.